The Morgan fingerprint density at radius 1 is 1.16 bits per heavy atom. The highest BCUT2D eigenvalue weighted by atomic mass is 16.5. The minimum absolute atomic E-state index is 0.0776. The van der Waals surface area contributed by atoms with E-state index in [4.69, 9.17) is 9.47 Å². The van der Waals surface area contributed by atoms with Crippen LogP contribution in [0.3, 0.4) is 0 Å². The maximum absolute atomic E-state index is 9.97. The first kappa shape index (κ1) is 14.2. The molecule has 19 heavy (non-hydrogen) atoms. The van der Waals surface area contributed by atoms with Crippen molar-refractivity contribution in [2.24, 2.45) is 5.92 Å². The average molecular weight is 264 g/mol. The molecule has 1 aromatic rings. The Morgan fingerprint density at radius 2 is 1.84 bits per heavy atom. The van der Waals surface area contributed by atoms with Crippen LogP contribution in [0, 0.1) is 5.92 Å². The molecule has 2 rings (SSSR count). The molecule has 1 aromatic carbocycles. The predicted molar refractivity (Wildman–Crippen MR) is 75.7 cm³/mol. The maximum Gasteiger partial charge on any atom is 0.125 e. The van der Waals surface area contributed by atoms with Gasteiger partial charge in [-0.05, 0) is 55.9 Å². The van der Waals surface area contributed by atoms with E-state index >= 15 is 0 Å². The molecular formula is C16H24O3. The van der Waals surface area contributed by atoms with Crippen LogP contribution in [0.25, 0.3) is 0 Å². The third-order valence-electron chi connectivity index (χ3n) is 3.60. The molecule has 0 radical (unpaired) electrons. The standard InChI is InChI=1S/C16H24O3/c1-3-10-18-13-5-7-14(8-6-13)19-16-11-12(2)4-9-15(16)17/h5-8,12,15-17H,3-4,9-11H2,1-2H3. The number of ether oxygens (including phenoxy) is 2. The van der Waals surface area contributed by atoms with E-state index in [-0.39, 0.29) is 12.2 Å². The van der Waals surface area contributed by atoms with Gasteiger partial charge in [-0.3, -0.25) is 0 Å². The van der Waals surface area contributed by atoms with Gasteiger partial charge in [0.05, 0.1) is 12.7 Å². The van der Waals surface area contributed by atoms with Crippen molar-refractivity contribution in [3.05, 3.63) is 24.3 Å². The van der Waals surface area contributed by atoms with Crippen LogP contribution in [0.2, 0.25) is 0 Å². The van der Waals surface area contributed by atoms with Gasteiger partial charge in [-0.25, -0.2) is 0 Å². The zero-order valence-corrected chi connectivity index (χ0v) is 11.8. The lowest BCUT2D eigenvalue weighted by Gasteiger charge is -2.31. The summed E-state index contributed by atoms with van der Waals surface area (Å²) in [5, 5.41) is 9.97. The summed E-state index contributed by atoms with van der Waals surface area (Å²) in [5.74, 6) is 2.30. The number of hydrogen-bond acceptors (Lipinski definition) is 3. The quantitative estimate of drug-likeness (QED) is 0.885. The fourth-order valence-electron chi connectivity index (χ4n) is 2.45. The SMILES string of the molecule is CCCOc1ccc(OC2CC(C)CCC2O)cc1. The topological polar surface area (TPSA) is 38.7 Å². The lowest BCUT2D eigenvalue weighted by molar-refractivity contribution is -0.00760. The summed E-state index contributed by atoms with van der Waals surface area (Å²) in [4.78, 5) is 0. The van der Waals surface area contributed by atoms with E-state index in [1.54, 1.807) is 0 Å². The van der Waals surface area contributed by atoms with E-state index in [9.17, 15) is 5.11 Å². The van der Waals surface area contributed by atoms with E-state index < -0.39 is 0 Å². The highest BCUT2D eigenvalue weighted by Gasteiger charge is 2.28. The molecule has 0 heterocycles. The van der Waals surface area contributed by atoms with Gasteiger partial charge in [0, 0.05) is 0 Å². The van der Waals surface area contributed by atoms with E-state index in [1.165, 1.54) is 0 Å². The maximum atomic E-state index is 9.97. The lowest BCUT2D eigenvalue weighted by Crippen LogP contribution is -2.37. The fourth-order valence-corrected chi connectivity index (χ4v) is 2.45. The molecule has 1 fully saturated rings. The third kappa shape index (κ3) is 4.13. The fraction of sp³-hybridized carbons (Fsp3) is 0.625. The molecule has 1 aliphatic rings. The van der Waals surface area contributed by atoms with Crippen molar-refractivity contribution >= 4 is 0 Å². The van der Waals surface area contributed by atoms with Crippen LogP contribution in [0.1, 0.15) is 39.5 Å². The first-order valence-corrected chi connectivity index (χ1v) is 7.26. The van der Waals surface area contributed by atoms with Crippen molar-refractivity contribution < 1.29 is 14.6 Å². The molecule has 0 saturated heterocycles. The summed E-state index contributed by atoms with van der Waals surface area (Å²) in [5.41, 5.74) is 0. The number of aliphatic hydroxyl groups is 1. The second-order valence-electron chi connectivity index (χ2n) is 5.46. The van der Waals surface area contributed by atoms with Crippen molar-refractivity contribution in [3.8, 4) is 11.5 Å². The summed E-state index contributed by atoms with van der Waals surface area (Å²) < 4.78 is 11.4. The van der Waals surface area contributed by atoms with Gasteiger partial charge >= 0.3 is 0 Å². The van der Waals surface area contributed by atoms with Gasteiger partial charge in [-0.15, -0.1) is 0 Å². The molecule has 1 saturated carbocycles. The average Bonchev–Trinajstić information content (AvgIpc) is 2.42. The van der Waals surface area contributed by atoms with E-state index in [0.717, 1.165) is 43.8 Å². The Kier molecular flexibility index (Phi) is 5.08. The van der Waals surface area contributed by atoms with Crippen molar-refractivity contribution in [2.45, 2.75) is 51.7 Å². The van der Waals surface area contributed by atoms with E-state index in [1.807, 2.05) is 24.3 Å². The van der Waals surface area contributed by atoms with Crippen LogP contribution in [0.15, 0.2) is 24.3 Å². The van der Waals surface area contributed by atoms with Gasteiger partial charge in [0.25, 0.3) is 0 Å². The van der Waals surface area contributed by atoms with Gasteiger partial charge in [0.1, 0.15) is 17.6 Å². The number of hydrogen-bond donors (Lipinski definition) is 1. The van der Waals surface area contributed by atoms with Crippen molar-refractivity contribution in [2.75, 3.05) is 6.61 Å². The minimum atomic E-state index is -0.341. The third-order valence-corrected chi connectivity index (χ3v) is 3.60. The Hall–Kier alpha value is -1.22. The second-order valence-corrected chi connectivity index (χ2v) is 5.46. The predicted octanol–water partition coefficient (Wildman–Crippen LogP) is 3.40. The Balaban J connectivity index is 1.91. The highest BCUT2D eigenvalue weighted by Crippen LogP contribution is 2.28. The van der Waals surface area contributed by atoms with Gasteiger partial charge in [0.2, 0.25) is 0 Å². The molecule has 3 nitrogen and oxygen atoms in total. The van der Waals surface area contributed by atoms with Crippen molar-refractivity contribution in [1.29, 1.82) is 0 Å². The molecular weight excluding hydrogens is 240 g/mol. The summed E-state index contributed by atoms with van der Waals surface area (Å²) in [7, 11) is 0. The summed E-state index contributed by atoms with van der Waals surface area (Å²) in [6.07, 6.45) is 3.44. The molecule has 106 valence electrons. The Labute approximate surface area is 115 Å². The molecule has 0 bridgehead atoms. The number of benzene rings is 1. The Morgan fingerprint density at radius 3 is 2.53 bits per heavy atom. The van der Waals surface area contributed by atoms with Gasteiger partial charge in [-0.2, -0.15) is 0 Å². The van der Waals surface area contributed by atoms with Gasteiger partial charge in [-0.1, -0.05) is 13.8 Å². The van der Waals surface area contributed by atoms with Crippen LogP contribution >= 0.6 is 0 Å². The first-order valence-electron chi connectivity index (χ1n) is 7.26. The van der Waals surface area contributed by atoms with Gasteiger partial charge < -0.3 is 14.6 Å². The summed E-state index contributed by atoms with van der Waals surface area (Å²) in [6, 6.07) is 7.67. The molecule has 0 spiro atoms. The van der Waals surface area contributed by atoms with Crippen LogP contribution in [-0.4, -0.2) is 23.9 Å². The molecule has 0 aliphatic heterocycles. The zero-order chi connectivity index (χ0) is 13.7. The molecule has 1 aliphatic carbocycles. The zero-order valence-electron chi connectivity index (χ0n) is 11.8. The summed E-state index contributed by atoms with van der Waals surface area (Å²) in [6.45, 7) is 5.03. The van der Waals surface area contributed by atoms with Crippen molar-refractivity contribution in [3.63, 3.8) is 0 Å². The van der Waals surface area contributed by atoms with Crippen LogP contribution in [-0.2, 0) is 0 Å². The van der Waals surface area contributed by atoms with E-state index in [0.29, 0.717) is 5.92 Å². The van der Waals surface area contributed by atoms with Crippen LogP contribution < -0.4 is 9.47 Å². The second kappa shape index (κ2) is 6.80. The normalized spacial score (nSPS) is 27.0. The number of rotatable bonds is 5. The molecule has 1 N–H and O–H groups in total. The molecule has 3 atom stereocenters. The van der Waals surface area contributed by atoms with Crippen LogP contribution in [0.5, 0.6) is 11.5 Å². The van der Waals surface area contributed by atoms with Crippen LogP contribution in [0.4, 0.5) is 0 Å². The largest absolute Gasteiger partial charge is 0.494 e. The number of aliphatic hydroxyl groups excluding tert-OH is 1. The minimum Gasteiger partial charge on any atom is -0.494 e. The molecule has 0 aromatic heterocycles. The molecule has 3 unspecified atom stereocenters. The Bertz CT molecular complexity index is 374. The first-order chi connectivity index (χ1) is 9.19. The van der Waals surface area contributed by atoms with Gasteiger partial charge in [0.15, 0.2) is 0 Å². The summed E-state index contributed by atoms with van der Waals surface area (Å²) >= 11 is 0. The smallest absolute Gasteiger partial charge is 0.125 e. The highest BCUT2D eigenvalue weighted by molar-refractivity contribution is 5.31. The van der Waals surface area contributed by atoms with Crippen molar-refractivity contribution in [1.82, 2.24) is 0 Å². The molecule has 0 amide bonds. The molecule has 3 heteroatoms. The monoisotopic (exact) mass is 264 g/mol. The lowest BCUT2D eigenvalue weighted by atomic mass is 9.86. The van der Waals surface area contributed by atoms with E-state index in [2.05, 4.69) is 13.8 Å².